The van der Waals surface area contributed by atoms with Crippen LogP contribution in [0.5, 0.6) is 0 Å². The molecule has 0 aromatic carbocycles. The molecule has 0 aliphatic rings. The lowest BCUT2D eigenvalue weighted by molar-refractivity contribution is -0.121. The van der Waals surface area contributed by atoms with E-state index in [4.69, 9.17) is 5.73 Å². The van der Waals surface area contributed by atoms with Crippen molar-refractivity contribution >= 4 is 5.91 Å². The summed E-state index contributed by atoms with van der Waals surface area (Å²) < 4.78 is 0. The molecule has 0 radical (unpaired) electrons. The van der Waals surface area contributed by atoms with E-state index in [1.54, 1.807) is 0 Å². The third-order valence-corrected chi connectivity index (χ3v) is 2.54. The van der Waals surface area contributed by atoms with Crippen LogP contribution in [0.3, 0.4) is 0 Å². The molecule has 90 valence electrons. The first kappa shape index (κ1) is 14.4. The van der Waals surface area contributed by atoms with Gasteiger partial charge in [-0.25, -0.2) is 0 Å². The van der Waals surface area contributed by atoms with E-state index >= 15 is 0 Å². The van der Waals surface area contributed by atoms with Gasteiger partial charge in [-0.05, 0) is 20.0 Å². The Kier molecular flexibility index (Phi) is 6.52. The maximum Gasteiger partial charge on any atom is 0.221 e. The molecule has 0 aliphatic carbocycles. The van der Waals surface area contributed by atoms with Gasteiger partial charge in [0, 0.05) is 25.0 Å². The molecule has 0 aliphatic heterocycles. The van der Waals surface area contributed by atoms with Crippen molar-refractivity contribution in [2.45, 2.75) is 26.8 Å². The Bertz CT molecular complexity index is 192. The van der Waals surface area contributed by atoms with Gasteiger partial charge in [0.2, 0.25) is 5.91 Å². The molecule has 4 nitrogen and oxygen atoms in total. The van der Waals surface area contributed by atoms with Gasteiger partial charge in [0.05, 0.1) is 0 Å². The lowest BCUT2D eigenvalue weighted by atomic mass is 10.0. The molecule has 4 heteroatoms. The SMILES string of the molecule is CC(CNC(CN(C)C)C(C)C)C(N)=O. The highest BCUT2D eigenvalue weighted by atomic mass is 16.1. The summed E-state index contributed by atoms with van der Waals surface area (Å²) in [6.45, 7) is 7.84. The minimum absolute atomic E-state index is 0.103. The minimum Gasteiger partial charge on any atom is -0.369 e. The van der Waals surface area contributed by atoms with Crippen LogP contribution in [0.15, 0.2) is 0 Å². The normalized spacial score (nSPS) is 15.7. The summed E-state index contributed by atoms with van der Waals surface area (Å²) in [7, 11) is 4.10. The predicted octanol–water partition coefficient (Wildman–Crippen LogP) is 0.284. The van der Waals surface area contributed by atoms with E-state index in [1.165, 1.54) is 0 Å². The van der Waals surface area contributed by atoms with Crippen LogP contribution in [0.4, 0.5) is 0 Å². The fourth-order valence-corrected chi connectivity index (χ4v) is 1.33. The molecule has 3 N–H and O–H groups in total. The van der Waals surface area contributed by atoms with E-state index in [9.17, 15) is 4.79 Å². The average molecular weight is 215 g/mol. The number of nitrogens with one attached hydrogen (secondary N) is 1. The van der Waals surface area contributed by atoms with Crippen LogP contribution in [-0.4, -0.2) is 44.0 Å². The highest BCUT2D eigenvalue weighted by Gasteiger charge is 2.16. The number of hydrogen-bond acceptors (Lipinski definition) is 3. The van der Waals surface area contributed by atoms with Crippen molar-refractivity contribution in [3.63, 3.8) is 0 Å². The minimum atomic E-state index is -0.241. The Balaban J connectivity index is 4.01. The Morgan fingerprint density at radius 2 is 1.87 bits per heavy atom. The number of primary amides is 1. The Labute approximate surface area is 93.2 Å². The Morgan fingerprint density at radius 1 is 1.33 bits per heavy atom. The molecule has 0 fully saturated rings. The van der Waals surface area contributed by atoms with Crippen molar-refractivity contribution in [2.75, 3.05) is 27.2 Å². The Hall–Kier alpha value is -0.610. The monoisotopic (exact) mass is 215 g/mol. The molecule has 0 aromatic rings. The van der Waals surface area contributed by atoms with Crippen molar-refractivity contribution in [2.24, 2.45) is 17.6 Å². The van der Waals surface area contributed by atoms with Gasteiger partial charge in [0.25, 0.3) is 0 Å². The first-order valence-corrected chi connectivity index (χ1v) is 5.52. The van der Waals surface area contributed by atoms with Gasteiger partial charge in [0.1, 0.15) is 0 Å². The van der Waals surface area contributed by atoms with Crippen LogP contribution in [0.2, 0.25) is 0 Å². The summed E-state index contributed by atoms with van der Waals surface area (Å²) in [5, 5.41) is 3.39. The zero-order chi connectivity index (χ0) is 12.0. The van der Waals surface area contributed by atoms with E-state index in [-0.39, 0.29) is 11.8 Å². The third kappa shape index (κ3) is 6.47. The van der Waals surface area contributed by atoms with Crippen molar-refractivity contribution in [3.8, 4) is 0 Å². The number of likely N-dealkylation sites (N-methyl/N-ethyl adjacent to an activating group) is 1. The standard InChI is InChI=1S/C11H25N3O/c1-8(2)10(7-14(4)5)13-6-9(3)11(12)15/h8-10,13H,6-7H2,1-5H3,(H2,12,15). The third-order valence-electron chi connectivity index (χ3n) is 2.54. The molecule has 0 bridgehead atoms. The second kappa shape index (κ2) is 6.80. The summed E-state index contributed by atoms with van der Waals surface area (Å²) in [6.07, 6.45) is 0. The quantitative estimate of drug-likeness (QED) is 0.641. The first-order chi connectivity index (χ1) is 6.84. The molecule has 2 unspecified atom stereocenters. The molecule has 15 heavy (non-hydrogen) atoms. The second-order valence-corrected chi connectivity index (χ2v) is 4.82. The maximum atomic E-state index is 10.9. The van der Waals surface area contributed by atoms with Gasteiger partial charge in [-0.1, -0.05) is 20.8 Å². The molecule has 0 saturated carbocycles. The number of nitrogens with two attached hydrogens (primary N) is 1. The summed E-state index contributed by atoms with van der Waals surface area (Å²) in [5.74, 6) is 0.204. The number of nitrogens with zero attached hydrogens (tertiary/aromatic N) is 1. The molecular weight excluding hydrogens is 190 g/mol. The van der Waals surface area contributed by atoms with Crippen LogP contribution in [0.1, 0.15) is 20.8 Å². The fourth-order valence-electron chi connectivity index (χ4n) is 1.33. The van der Waals surface area contributed by atoms with E-state index in [2.05, 4.69) is 38.2 Å². The van der Waals surface area contributed by atoms with Crippen LogP contribution < -0.4 is 11.1 Å². The lowest BCUT2D eigenvalue weighted by Gasteiger charge is -2.26. The number of hydrogen-bond donors (Lipinski definition) is 2. The summed E-state index contributed by atoms with van der Waals surface area (Å²) in [5.41, 5.74) is 5.21. The first-order valence-electron chi connectivity index (χ1n) is 5.52. The van der Waals surface area contributed by atoms with E-state index < -0.39 is 0 Å². The zero-order valence-electron chi connectivity index (χ0n) is 10.6. The molecule has 1 amide bonds. The van der Waals surface area contributed by atoms with Crippen LogP contribution in [0.25, 0.3) is 0 Å². The summed E-state index contributed by atoms with van der Waals surface area (Å²) >= 11 is 0. The number of carbonyl (C=O) groups is 1. The molecule has 0 saturated heterocycles. The van der Waals surface area contributed by atoms with Crippen molar-refractivity contribution < 1.29 is 4.79 Å². The highest BCUT2D eigenvalue weighted by Crippen LogP contribution is 2.03. The van der Waals surface area contributed by atoms with Crippen LogP contribution in [-0.2, 0) is 4.79 Å². The van der Waals surface area contributed by atoms with Gasteiger partial charge in [-0.3, -0.25) is 4.79 Å². The summed E-state index contributed by atoms with van der Waals surface area (Å²) in [4.78, 5) is 13.0. The van der Waals surface area contributed by atoms with E-state index in [1.807, 2.05) is 6.92 Å². The van der Waals surface area contributed by atoms with Crippen LogP contribution >= 0.6 is 0 Å². The Morgan fingerprint density at radius 3 is 2.20 bits per heavy atom. The van der Waals surface area contributed by atoms with Gasteiger partial charge in [-0.15, -0.1) is 0 Å². The van der Waals surface area contributed by atoms with E-state index in [0.717, 1.165) is 6.54 Å². The smallest absolute Gasteiger partial charge is 0.221 e. The average Bonchev–Trinajstić information content (AvgIpc) is 2.10. The lowest BCUT2D eigenvalue weighted by Crippen LogP contribution is -2.45. The number of rotatable bonds is 7. The van der Waals surface area contributed by atoms with Crippen molar-refractivity contribution in [1.82, 2.24) is 10.2 Å². The predicted molar refractivity (Wildman–Crippen MR) is 63.5 cm³/mol. The zero-order valence-corrected chi connectivity index (χ0v) is 10.6. The van der Waals surface area contributed by atoms with Gasteiger partial charge < -0.3 is 16.0 Å². The maximum absolute atomic E-state index is 10.9. The van der Waals surface area contributed by atoms with E-state index in [0.29, 0.717) is 18.5 Å². The number of amides is 1. The number of carbonyl (C=O) groups excluding carboxylic acids is 1. The summed E-state index contributed by atoms with van der Waals surface area (Å²) in [6, 6.07) is 0.404. The fraction of sp³-hybridized carbons (Fsp3) is 0.909. The highest BCUT2D eigenvalue weighted by molar-refractivity contribution is 5.76. The second-order valence-electron chi connectivity index (χ2n) is 4.82. The molecule has 0 heterocycles. The molecule has 2 atom stereocenters. The van der Waals surface area contributed by atoms with Gasteiger partial charge in [0.15, 0.2) is 0 Å². The van der Waals surface area contributed by atoms with Gasteiger partial charge in [-0.2, -0.15) is 0 Å². The topological polar surface area (TPSA) is 58.4 Å². The molecular formula is C11H25N3O. The molecule has 0 aromatic heterocycles. The van der Waals surface area contributed by atoms with Gasteiger partial charge >= 0.3 is 0 Å². The molecule has 0 spiro atoms. The van der Waals surface area contributed by atoms with Crippen LogP contribution in [0, 0.1) is 11.8 Å². The largest absolute Gasteiger partial charge is 0.369 e. The van der Waals surface area contributed by atoms with Crippen molar-refractivity contribution in [1.29, 1.82) is 0 Å². The van der Waals surface area contributed by atoms with Crippen molar-refractivity contribution in [3.05, 3.63) is 0 Å². The molecule has 0 rings (SSSR count).